The van der Waals surface area contributed by atoms with E-state index in [0.717, 1.165) is 24.8 Å². The third-order valence-corrected chi connectivity index (χ3v) is 6.59. The Morgan fingerprint density at radius 2 is 2.03 bits per heavy atom. The molecule has 3 aromatic rings. The van der Waals surface area contributed by atoms with E-state index in [9.17, 15) is 9.59 Å². The van der Waals surface area contributed by atoms with E-state index >= 15 is 0 Å². The Bertz CT molecular complexity index is 1040. The van der Waals surface area contributed by atoms with E-state index in [4.69, 9.17) is 16.0 Å². The van der Waals surface area contributed by atoms with Crippen molar-refractivity contribution in [2.45, 2.75) is 32.7 Å². The van der Waals surface area contributed by atoms with Gasteiger partial charge < -0.3 is 15.1 Å². The van der Waals surface area contributed by atoms with Crippen molar-refractivity contribution in [3.8, 4) is 0 Å². The molecular formula is C22H21ClN2O3S. The summed E-state index contributed by atoms with van der Waals surface area (Å²) < 4.78 is 5.30. The predicted octanol–water partition coefficient (Wildman–Crippen LogP) is 5.30. The molecule has 5 nitrogen and oxygen atoms in total. The number of furan rings is 1. The van der Waals surface area contributed by atoms with Crippen molar-refractivity contribution in [3.63, 3.8) is 0 Å². The predicted molar refractivity (Wildman–Crippen MR) is 115 cm³/mol. The van der Waals surface area contributed by atoms with Gasteiger partial charge in [0, 0.05) is 4.88 Å². The van der Waals surface area contributed by atoms with Gasteiger partial charge in [0.2, 0.25) is 0 Å². The summed E-state index contributed by atoms with van der Waals surface area (Å²) in [6.07, 6.45) is 4.35. The molecule has 1 atom stereocenters. The minimum Gasteiger partial charge on any atom is -0.467 e. The second-order valence-electron chi connectivity index (χ2n) is 7.25. The highest BCUT2D eigenvalue weighted by atomic mass is 35.5. The number of nitrogens with one attached hydrogen (secondary N) is 2. The molecule has 150 valence electrons. The van der Waals surface area contributed by atoms with Crippen LogP contribution in [0.1, 0.15) is 50.3 Å². The minimum absolute atomic E-state index is 0.206. The van der Waals surface area contributed by atoms with Crippen molar-refractivity contribution in [2.75, 3.05) is 5.32 Å². The van der Waals surface area contributed by atoms with Gasteiger partial charge in [-0.3, -0.25) is 9.59 Å². The van der Waals surface area contributed by atoms with E-state index in [-0.39, 0.29) is 11.8 Å². The maximum absolute atomic E-state index is 13.0. The van der Waals surface area contributed by atoms with Crippen molar-refractivity contribution in [2.24, 2.45) is 5.92 Å². The molecule has 2 N–H and O–H groups in total. The average Bonchev–Trinajstić information content (AvgIpc) is 3.33. The lowest BCUT2D eigenvalue weighted by Crippen LogP contribution is -2.25. The number of amides is 2. The molecule has 0 aliphatic heterocycles. The summed E-state index contributed by atoms with van der Waals surface area (Å²) in [7, 11) is 0. The Hall–Kier alpha value is -2.57. The van der Waals surface area contributed by atoms with Gasteiger partial charge in [0.05, 0.1) is 29.0 Å². The van der Waals surface area contributed by atoms with Crippen molar-refractivity contribution >= 4 is 39.8 Å². The molecule has 0 bridgehead atoms. The summed E-state index contributed by atoms with van der Waals surface area (Å²) in [5, 5.41) is 6.79. The maximum atomic E-state index is 13.0. The second kappa shape index (κ2) is 8.43. The smallest absolute Gasteiger partial charge is 0.257 e. The van der Waals surface area contributed by atoms with Crippen LogP contribution in [0, 0.1) is 5.92 Å². The first-order valence-electron chi connectivity index (χ1n) is 9.54. The SMILES string of the molecule is C[C@H]1CCc2c(sc(NC(=O)c3ccccc3Cl)c2C(=O)NCc2ccco2)C1. The zero-order chi connectivity index (χ0) is 20.4. The lowest BCUT2D eigenvalue weighted by molar-refractivity contribution is 0.0948. The van der Waals surface area contributed by atoms with E-state index in [2.05, 4.69) is 17.6 Å². The second-order valence-corrected chi connectivity index (χ2v) is 8.76. The average molecular weight is 429 g/mol. The maximum Gasteiger partial charge on any atom is 0.257 e. The highest BCUT2D eigenvalue weighted by Crippen LogP contribution is 2.40. The summed E-state index contributed by atoms with van der Waals surface area (Å²) in [6, 6.07) is 10.5. The standard InChI is InChI=1S/C22H21ClN2O3S/c1-13-8-9-16-18(11-13)29-22(25-20(26)15-6-2-3-7-17(15)23)19(16)21(27)24-12-14-5-4-10-28-14/h2-7,10,13H,8-9,11-12H2,1H3,(H,24,27)(H,25,26)/t13-/m0/s1. The topological polar surface area (TPSA) is 71.3 Å². The number of benzene rings is 1. The molecule has 0 fully saturated rings. The fourth-order valence-electron chi connectivity index (χ4n) is 3.56. The van der Waals surface area contributed by atoms with Crippen LogP contribution < -0.4 is 10.6 Å². The van der Waals surface area contributed by atoms with Crippen LogP contribution in [0.15, 0.2) is 47.1 Å². The number of halogens is 1. The van der Waals surface area contributed by atoms with E-state index in [1.165, 1.54) is 16.2 Å². The number of rotatable bonds is 5. The Morgan fingerprint density at radius 1 is 1.21 bits per heavy atom. The quantitative estimate of drug-likeness (QED) is 0.579. The van der Waals surface area contributed by atoms with Gasteiger partial charge in [-0.25, -0.2) is 0 Å². The number of carbonyl (C=O) groups is 2. The van der Waals surface area contributed by atoms with E-state index in [1.807, 2.05) is 6.07 Å². The van der Waals surface area contributed by atoms with Gasteiger partial charge in [-0.2, -0.15) is 0 Å². The van der Waals surface area contributed by atoms with Crippen LogP contribution in [0.2, 0.25) is 5.02 Å². The molecule has 1 aliphatic rings. The Labute approximate surface area is 178 Å². The Morgan fingerprint density at radius 3 is 2.79 bits per heavy atom. The zero-order valence-electron chi connectivity index (χ0n) is 16.0. The first kappa shape index (κ1) is 19.7. The van der Waals surface area contributed by atoms with Gasteiger partial charge in [-0.15, -0.1) is 11.3 Å². The lowest BCUT2D eigenvalue weighted by atomic mass is 9.88. The summed E-state index contributed by atoms with van der Waals surface area (Å²) in [5.74, 6) is 0.718. The van der Waals surface area contributed by atoms with Gasteiger partial charge in [-0.1, -0.05) is 30.7 Å². The fraction of sp³-hybridized carbons (Fsp3) is 0.273. The summed E-state index contributed by atoms with van der Waals surface area (Å²) >= 11 is 7.65. The Kier molecular flexibility index (Phi) is 5.74. The van der Waals surface area contributed by atoms with Crippen LogP contribution in [0.5, 0.6) is 0 Å². The van der Waals surface area contributed by atoms with Crippen molar-refractivity contribution in [1.29, 1.82) is 0 Å². The molecule has 2 heterocycles. The molecule has 0 spiro atoms. The minimum atomic E-state index is -0.317. The number of anilines is 1. The molecule has 2 amide bonds. The molecule has 1 aromatic carbocycles. The first-order valence-corrected chi connectivity index (χ1v) is 10.7. The van der Waals surface area contributed by atoms with Crippen LogP contribution in [0.25, 0.3) is 0 Å². The summed E-state index contributed by atoms with van der Waals surface area (Å²) in [6.45, 7) is 2.51. The van der Waals surface area contributed by atoms with Crippen molar-refractivity contribution in [1.82, 2.24) is 5.32 Å². The highest BCUT2D eigenvalue weighted by Gasteiger charge is 2.28. The summed E-state index contributed by atoms with van der Waals surface area (Å²) in [5.41, 5.74) is 1.99. The molecule has 7 heteroatoms. The van der Waals surface area contributed by atoms with Crippen LogP contribution in [0.4, 0.5) is 5.00 Å². The van der Waals surface area contributed by atoms with Crippen LogP contribution >= 0.6 is 22.9 Å². The molecule has 4 rings (SSSR count). The molecule has 1 aliphatic carbocycles. The molecule has 2 aromatic heterocycles. The summed E-state index contributed by atoms with van der Waals surface area (Å²) in [4.78, 5) is 27.0. The van der Waals surface area contributed by atoms with E-state index in [0.29, 0.717) is 39.4 Å². The third-order valence-electron chi connectivity index (χ3n) is 5.09. The number of hydrogen-bond donors (Lipinski definition) is 2. The lowest BCUT2D eigenvalue weighted by Gasteiger charge is -2.18. The molecule has 0 saturated heterocycles. The van der Waals surface area contributed by atoms with E-state index in [1.54, 1.807) is 36.6 Å². The molecule has 0 saturated carbocycles. The fourth-order valence-corrected chi connectivity index (χ4v) is 5.19. The van der Waals surface area contributed by atoms with Crippen molar-refractivity contribution < 1.29 is 14.0 Å². The third kappa shape index (κ3) is 4.23. The normalized spacial score (nSPS) is 15.6. The highest BCUT2D eigenvalue weighted by molar-refractivity contribution is 7.17. The van der Waals surface area contributed by atoms with Gasteiger partial charge in [0.15, 0.2) is 0 Å². The van der Waals surface area contributed by atoms with Crippen molar-refractivity contribution in [3.05, 3.63) is 75.0 Å². The van der Waals surface area contributed by atoms with Gasteiger partial charge in [0.1, 0.15) is 10.8 Å². The largest absolute Gasteiger partial charge is 0.467 e. The molecule has 29 heavy (non-hydrogen) atoms. The van der Waals surface area contributed by atoms with Gasteiger partial charge in [-0.05, 0) is 55.0 Å². The monoisotopic (exact) mass is 428 g/mol. The number of thiophene rings is 1. The van der Waals surface area contributed by atoms with E-state index < -0.39 is 0 Å². The first-order chi connectivity index (χ1) is 14.0. The molecule has 0 radical (unpaired) electrons. The molecule has 0 unspecified atom stereocenters. The van der Waals surface area contributed by atoms with Crippen LogP contribution in [-0.2, 0) is 19.4 Å². The number of fused-ring (bicyclic) bond motifs is 1. The number of hydrogen-bond acceptors (Lipinski definition) is 4. The molecular weight excluding hydrogens is 408 g/mol. The van der Waals surface area contributed by atoms with Gasteiger partial charge in [0.25, 0.3) is 11.8 Å². The Balaban J connectivity index is 1.63. The van der Waals surface area contributed by atoms with Gasteiger partial charge >= 0.3 is 0 Å². The zero-order valence-corrected chi connectivity index (χ0v) is 17.5. The van der Waals surface area contributed by atoms with Crippen LogP contribution in [0.3, 0.4) is 0 Å². The van der Waals surface area contributed by atoms with Crippen LogP contribution in [-0.4, -0.2) is 11.8 Å². The number of carbonyl (C=O) groups excluding carboxylic acids is 2.